The van der Waals surface area contributed by atoms with E-state index in [1.54, 1.807) is 11.6 Å². The van der Waals surface area contributed by atoms with Gasteiger partial charge in [-0.1, -0.05) is 13.8 Å². The van der Waals surface area contributed by atoms with Gasteiger partial charge in [0.1, 0.15) is 5.82 Å². The van der Waals surface area contributed by atoms with Crippen LogP contribution < -0.4 is 4.72 Å². The molecule has 0 aliphatic carbocycles. The van der Waals surface area contributed by atoms with Crippen LogP contribution >= 0.6 is 11.6 Å². The van der Waals surface area contributed by atoms with Crippen LogP contribution in [-0.2, 0) is 14.9 Å². The van der Waals surface area contributed by atoms with Crippen molar-refractivity contribution in [2.45, 2.75) is 39.8 Å². The minimum Gasteiger partial charge on any atom is -0.376 e. The van der Waals surface area contributed by atoms with Crippen molar-refractivity contribution in [3.05, 3.63) is 29.2 Å². The quantitative estimate of drug-likeness (QED) is 0.578. The molecule has 1 N–H and O–H groups in total. The Hall–Kier alpha value is -1.75. The maximum absolute atomic E-state index is 14.8. The van der Waals surface area contributed by atoms with Crippen molar-refractivity contribution in [1.29, 1.82) is 0 Å². The fraction of sp³-hybridized carbons (Fsp3) is 0.579. The Morgan fingerprint density at radius 2 is 1.97 bits per heavy atom. The highest BCUT2D eigenvalue weighted by Crippen LogP contribution is 2.28. The Labute approximate surface area is 181 Å². The minimum absolute atomic E-state index is 0.195. The first-order valence-corrected chi connectivity index (χ1v) is 11.5. The zero-order valence-corrected chi connectivity index (χ0v) is 19.5. The summed E-state index contributed by atoms with van der Waals surface area (Å²) in [6, 6.07) is 2.12. The summed E-state index contributed by atoms with van der Waals surface area (Å²) in [4.78, 5) is 12.4. The number of aryl methyl sites for hydroxylation is 1. The summed E-state index contributed by atoms with van der Waals surface area (Å²) in [5.41, 5.74) is 0.616. The summed E-state index contributed by atoms with van der Waals surface area (Å²) in [6.07, 6.45) is -0.274. The second-order valence-corrected chi connectivity index (χ2v) is 9.94. The number of rotatable bonds is 9. The van der Waals surface area contributed by atoms with Crippen LogP contribution in [0.15, 0.2) is 12.1 Å². The van der Waals surface area contributed by atoms with Crippen LogP contribution in [0.3, 0.4) is 0 Å². The lowest BCUT2D eigenvalue weighted by molar-refractivity contribution is 0.0178. The molecule has 1 heterocycles. The Balaban J connectivity index is 2.45. The van der Waals surface area contributed by atoms with E-state index in [0.717, 1.165) is 4.31 Å². The number of halogens is 2. The van der Waals surface area contributed by atoms with Gasteiger partial charge in [0.2, 0.25) is 0 Å². The number of carbonyl (C=O) groups is 1. The molecular formula is C19H28ClFN4O4S. The predicted molar refractivity (Wildman–Crippen MR) is 115 cm³/mol. The van der Waals surface area contributed by atoms with Gasteiger partial charge in [-0.3, -0.25) is 9.48 Å². The van der Waals surface area contributed by atoms with Gasteiger partial charge in [0, 0.05) is 38.0 Å². The van der Waals surface area contributed by atoms with Crippen LogP contribution in [0.2, 0.25) is 0 Å². The lowest BCUT2D eigenvalue weighted by atomic mass is 10.1. The first-order valence-electron chi connectivity index (χ1n) is 9.49. The number of alkyl halides is 1. The Morgan fingerprint density at radius 3 is 2.50 bits per heavy atom. The number of fused-ring (bicyclic) bond motifs is 1. The molecule has 30 heavy (non-hydrogen) atoms. The van der Waals surface area contributed by atoms with Crippen LogP contribution in [0.4, 0.5) is 4.39 Å². The lowest BCUT2D eigenvalue weighted by Gasteiger charge is -2.24. The van der Waals surface area contributed by atoms with Crippen molar-refractivity contribution in [3.63, 3.8) is 0 Å². The Bertz CT molecular complexity index is 1020. The summed E-state index contributed by atoms with van der Waals surface area (Å²) in [5, 5.41) is 5.00. The molecule has 2 rings (SSSR count). The van der Waals surface area contributed by atoms with Crippen LogP contribution in [0.25, 0.3) is 10.9 Å². The molecule has 0 aliphatic heterocycles. The second-order valence-electron chi connectivity index (χ2n) is 7.75. The zero-order valence-electron chi connectivity index (χ0n) is 17.9. The molecule has 0 radical (unpaired) electrons. The number of ether oxygens (including phenoxy) is 1. The molecule has 11 heteroatoms. The van der Waals surface area contributed by atoms with Gasteiger partial charge < -0.3 is 4.74 Å². The lowest BCUT2D eigenvalue weighted by Crippen LogP contribution is -2.39. The summed E-state index contributed by atoms with van der Waals surface area (Å²) >= 11 is 6.18. The van der Waals surface area contributed by atoms with E-state index in [0.29, 0.717) is 29.1 Å². The number of aromatic nitrogens is 2. The molecule has 2 aromatic rings. The Morgan fingerprint density at radius 1 is 1.33 bits per heavy atom. The number of benzene rings is 1. The average molecular weight is 463 g/mol. The number of amides is 1. The van der Waals surface area contributed by atoms with E-state index in [-0.39, 0.29) is 23.6 Å². The smallest absolute Gasteiger partial charge is 0.303 e. The molecule has 0 saturated heterocycles. The minimum atomic E-state index is -4.05. The van der Waals surface area contributed by atoms with Crippen molar-refractivity contribution < 1.29 is 22.3 Å². The predicted octanol–water partition coefficient (Wildman–Crippen LogP) is 2.86. The van der Waals surface area contributed by atoms with Gasteiger partial charge in [-0.15, -0.1) is 11.6 Å². The molecule has 2 atom stereocenters. The molecule has 1 unspecified atom stereocenters. The van der Waals surface area contributed by atoms with Gasteiger partial charge in [0.25, 0.3) is 5.91 Å². The van der Waals surface area contributed by atoms with Gasteiger partial charge in [0.05, 0.1) is 28.9 Å². The highest BCUT2D eigenvalue weighted by atomic mass is 35.5. The number of hydrogen-bond acceptors (Lipinski definition) is 5. The third-order valence-electron chi connectivity index (χ3n) is 4.63. The molecule has 0 fully saturated rings. The normalized spacial score (nSPS) is 14.5. The molecule has 0 saturated carbocycles. The van der Waals surface area contributed by atoms with Gasteiger partial charge in [-0.2, -0.15) is 17.8 Å². The largest absolute Gasteiger partial charge is 0.376 e. The van der Waals surface area contributed by atoms with Crippen LogP contribution in [0.1, 0.15) is 42.9 Å². The molecule has 8 nitrogen and oxygen atoms in total. The first kappa shape index (κ1) is 24.5. The summed E-state index contributed by atoms with van der Waals surface area (Å²) in [5.74, 6) is -1.38. The molecule has 168 valence electrons. The van der Waals surface area contributed by atoms with Gasteiger partial charge in [-0.25, -0.2) is 9.11 Å². The standard InChI is InChI=1S/C19H28ClFN4O4S/c1-11(2)10-29-13(4)18(9-20)25-17-8-16(21)15(7-14(17)12(3)22-25)19(26)23-30(27,28)24(5)6/h7-8,11,13,18H,9-10H2,1-6H3,(H,23,26)/t13?,18-/m0/s1. The summed E-state index contributed by atoms with van der Waals surface area (Å²) in [7, 11) is -1.53. The Kier molecular flexibility index (Phi) is 7.84. The highest BCUT2D eigenvalue weighted by molar-refractivity contribution is 7.87. The summed E-state index contributed by atoms with van der Waals surface area (Å²) < 4.78 is 48.7. The van der Waals surface area contributed by atoms with E-state index in [1.807, 2.05) is 25.5 Å². The maximum atomic E-state index is 14.8. The first-order chi connectivity index (χ1) is 13.9. The number of nitrogens with zero attached hydrogens (tertiary/aromatic N) is 3. The van der Waals surface area contributed by atoms with Crippen LogP contribution in [0.5, 0.6) is 0 Å². The van der Waals surface area contributed by atoms with E-state index in [1.165, 1.54) is 26.2 Å². The number of nitrogens with one attached hydrogen (secondary N) is 1. The summed E-state index contributed by atoms with van der Waals surface area (Å²) in [6.45, 7) is 8.22. The van der Waals surface area contributed by atoms with Crippen LogP contribution in [0, 0.1) is 18.7 Å². The monoisotopic (exact) mass is 462 g/mol. The maximum Gasteiger partial charge on any atom is 0.303 e. The van der Waals surface area contributed by atoms with Crippen molar-refractivity contribution in [1.82, 2.24) is 18.8 Å². The zero-order chi connectivity index (χ0) is 22.8. The van der Waals surface area contributed by atoms with Crippen molar-refractivity contribution in [2.75, 3.05) is 26.6 Å². The SMILES string of the molecule is Cc1nn([C@@H](CCl)C(C)OCC(C)C)c2cc(F)c(C(=O)NS(=O)(=O)N(C)C)cc12. The van der Waals surface area contributed by atoms with E-state index in [4.69, 9.17) is 16.3 Å². The molecule has 1 aromatic carbocycles. The second kappa shape index (κ2) is 9.59. The number of hydrogen-bond donors (Lipinski definition) is 1. The van der Waals surface area contributed by atoms with Gasteiger partial charge in [-0.05, 0) is 25.8 Å². The van der Waals surface area contributed by atoms with Crippen LogP contribution in [-0.4, -0.2) is 61.1 Å². The van der Waals surface area contributed by atoms with Crippen molar-refractivity contribution in [2.24, 2.45) is 5.92 Å². The molecule has 1 aromatic heterocycles. The molecule has 1 amide bonds. The van der Waals surface area contributed by atoms with E-state index in [9.17, 15) is 17.6 Å². The highest BCUT2D eigenvalue weighted by Gasteiger charge is 2.26. The van der Waals surface area contributed by atoms with Crippen molar-refractivity contribution in [3.8, 4) is 0 Å². The average Bonchev–Trinajstić information content (AvgIpc) is 2.95. The third kappa shape index (κ3) is 5.29. The van der Waals surface area contributed by atoms with E-state index < -0.39 is 21.9 Å². The molecule has 0 aliphatic rings. The van der Waals surface area contributed by atoms with Crippen molar-refractivity contribution >= 4 is 38.6 Å². The topological polar surface area (TPSA) is 93.5 Å². The van der Waals surface area contributed by atoms with E-state index in [2.05, 4.69) is 5.10 Å². The molecule has 0 spiro atoms. The number of carbonyl (C=O) groups excluding carboxylic acids is 1. The van der Waals surface area contributed by atoms with Gasteiger partial charge in [0.15, 0.2) is 0 Å². The molecule has 0 bridgehead atoms. The van der Waals surface area contributed by atoms with E-state index >= 15 is 0 Å². The fourth-order valence-corrected chi connectivity index (χ4v) is 3.76. The third-order valence-corrected chi connectivity index (χ3v) is 6.35. The molecular weight excluding hydrogens is 435 g/mol. The fourth-order valence-electron chi connectivity index (χ4n) is 2.85. The van der Waals surface area contributed by atoms with Gasteiger partial charge >= 0.3 is 10.2 Å².